The maximum Gasteiger partial charge on any atom is 0.226 e. The number of carbonyl (C=O) groups is 1. The molecule has 31 heavy (non-hydrogen) atoms. The summed E-state index contributed by atoms with van der Waals surface area (Å²) in [7, 11) is -3.02. The van der Waals surface area contributed by atoms with Crippen LogP contribution in [0.25, 0.3) is 0 Å². The summed E-state index contributed by atoms with van der Waals surface area (Å²) in [6, 6.07) is 8.31. The molecule has 0 saturated carbocycles. The van der Waals surface area contributed by atoms with E-state index in [4.69, 9.17) is 4.74 Å². The molecule has 1 amide bonds. The lowest BCUT2D eigenvalue weighted by Gasteiger charge is -2.36. The Morgan fingerprint density at radius 2 is 1.71 bits per heavy atom. The lowest BCUT2D eigenvalue weighted by molar-refractivity contribution is -0.131. The summed E-state index contributed by atoms with van der Waals surface area (Å²) in [6.07, 6.45) is 2.19. The lowest BCUT2D eigenvalue weighted by Crippen LogP contribution is -2.44. The molecule has 0 bridgehead atoms. The van der Waals surface area contributed by atoms with Gasteiger partial charge >= 0.3 is 0 Å². The zero-order valence-electron chi connectivity index (χ0n) is 19.4. The van der Waals surface area contributed by atoms with Crippen molar-refractivity contribution in [2.45, 2.75) is 58.3 Å². The number of amides is 1. The van der Waals surface area contributed by atoms with Crippen molar-refractivity contribution >= 4 is 21.4 Å². The molecule has 7 heteroatoms. The SMILES string of the molecule is CC(C)[C@@H]1CN(c2ccc(CC(=O)N3CCC(CS(=O)(=O)C(C)C)CC3)cc2)CCO1. The van der Waals surface area contributed by atoms with Crippen LogP contribution in [0.2, 0.25) is 0 Å². The van der Waals surface area contributed by atoms with Crippen molar-refractivity contribution in [1.82, 2.24) is 4.90 Å². The number of likely N-dealkylation sites (tertiary alicyclic amines) is 1. The van der Waals surface area contributed by atoms with Crippen LogP contribution < -0.4 is 4.90 Å². The maximum atomic E-state index is 12.8. The Hall–Kier alpha value is -1.60. The van der Waals surface area contributed by atoms with E-state index in [1.807, 2.05) is 4.90 Å². The van der Waals surface area contributed by atoms with E-state index in [0.717, 1.165) is 38.1 Å². The predicted molar refractivity (Wildman–Crippen MR) is 125 cm³/mol. The smallest absolute Gasteiger partial charge is 0.226 e. The second-order valence-electron chi connectivity index (χ2n) is 9.64. The molecule has 1 aromatic carbocycles. The van der Waals surface area contributed by atoms with Gasteiger partial charge < -0.3 is 14.5 Å². The number of nitrogens with zero attached hydrogens (tertiary/aromatic N) is 2. The van der Waals surface area contributed by atoms with Crippen molar-refractivity contribution in [3.63, 3.8) is 0 Å². The molecular formula is C24H38N2O4S. The number of morpholine rings is 1. The van der Waals surface area contributed by atoms with Crippen LogP contribution in [-0.4, -0.2) is 69.1 Å². The number of piperidine rings is 1. The lowest BCUT2D eigenvalue weighted by atomic mass is 9.98. The van der Waals surface area contributed by atoms with E-state index in [-0.39, 0.29) is 28.9 Å². The summed E-state index contributed by atoms with van der Waals surface area (Å²) < 4.78 is 30.2. The summed E-state index contributed by atoms with van der Waals surface area (Å²) in [5.74, 6) is 1.03. The minimum absolute atomic E-state index is 0.129. The molecule has 2 fully saturated rings. The molecule has 0 aliphatic carbocycles. The monoisotopic (exact) mass is 450 g/mol. The number of carbonyl (C=O) groups excluding carboxylic acids is 1. The van der Waals surface area contributed by atoms with Crippen molar-refractivity contribution in [3.8, 4) is 0 Å². The largest absolute Gasteiger partial charge is 0.374 e. The Balaban J connectivity index is 1.49. The normalized spacial score (nSPS) is 21.2. The van der Waals surface area contributed by atoms with E-state index in [1.54, 1.807) is 13.8 Å². The third-order valence-corrected chi connectivity index (χ3v) is 9.02. The number of ether oxygens (including phenoxy) is 1. The number of hydrogen-bond acceptors (Lipinski definition) is 5. The van der Waals surface area contributed by atoms with Gasteiger partial charge in [0.25, 0.3) is 0 Å². The summed E-state index contributed by atoms with van der Waals surface area (Å²) >= 11 is 0. The van der Waals surface area contributed by atoms with Crippen LogP contribution >= 0.6 is 0 Å². The molecule has 2 saturated heterocycles. The van der Waals surface area contributed by atoms with E-state index >= 15 is 0 Å². The number of sulfone groups is 1. The summed E-state index contributed by atoms with van der Waals surface area (Å²) in [4.78, 5) is 17.0. The molecule has 0 N–H and O–H groups in total. The van der Waals surface area contributed by atoms with Crippen LogP contribution in [0, 0.1) is 11.8 Å². The van der Waals surface area contributed by atoms with Gasteiger partial charge in [0.15, 0.2) is 9.84 Å². The fraction of sp³-hybridized carbons (Fsp3) is 0.708. The Morgan fingerprint density at radius 3 is 2.29 bits per heavy atom. The molecule has 0 unspecified atom stereocenters. The van der Waals surface area contributed by atoms with Crippen molar-refractivity contribution < 1.29 is 17.9 Å². The Labute approximate surface area is 187 Å². The first-order valence-corrected chi connectivity index (χ1v) is 13.3. The van der Waals surface area contributed by atoms with Crippen molar-refractivity contribution in [1.29, 1.82) is 0 Å². The number of hydrogen-bond donors (Lipinski definition) is 0. The number of rotatable bonds is 7. The quantitative estimate of drug-likeness (QED) is 0.638. The van der Waals surface area contributed by atoms with E-state index in [2.05, 4.69) is 43.0 Å². The first-order valence-electron chi connectivity index (χ1n) is 11.6. The highest BCUT2D eigenvalue weighted by Crippen LogP contribution is 2.23. The highest BCUT2D eigenvalue weighted by molar-refractivity contribution is 7.91. The second-order valence-corrected chi connectivity index (χ2v) is 12.2. The van der Waals surface area contributed by atoms with Crippen LogP contribution in [0.15, 0.2) is 24.3 Å². The number of anilines is 1. The average Bonchev–Trinajstić information content (AvgIpc) is 2.74. The van der Waals surface area contributed by atoms with Crippen LogP contribution in [-0.2, 0) is 25.8 Å². The van der Waals surface area contributed by atoms with Crippen LogP contribution in [0.3, 0.4) is 0 Å². The van der Waals surface area contributed by atoms with Crippen molar-refractivity contribution in [3.05, 3.63) is 29.8 Å². The molecule has 1 aromatic rings. The van der Waals surface area contributed by atoms with E-state index in [0.29, 0.717) is 25.4 Å². The van der Waals surface area contributed by atoms with E-state index in [9.17, 15) is 13.2 Å². The van der Waals surface area contributed by atoms with Crippen LogP contribution in [0.1, 0.15) is 46.1 Å². The van der Waals surface area contributed by atoms with Crippen molar-refractivity contribution in [2.24, 2.45) is 11.8 Å². The van der Waals surface area contributed by atoms with E-state index in [1.165, 1.54) is 5.69 Å². The van der Waals surface area contributed by atoms with Gasteiger partial charge in [0.2, 0.25) is 5.91 Å². The topological polar surface area (TPSA) is 66.9 Å². The zero-order chi connectivity index (χ0) is 22.6. The van der Waals surface area contributed by atoms with E-state index < -0.39 is 9.84 Å². The Bertz CT molecular complexity index is 828. The molecule has 2 heterocycles. The standard InChI is InChI=1S/C24H38N2O4S/c1-18(2)23-16-26(13-14-30-23)22-7-5-20(6-8-22)15-24(27)25-11-9-21(10-12-25)17-31(28,29)19(3)4/h5-8,18-19,21,23H,9-17H2,1-4H3/t23-/m0/s1. The van der Waals surface area contributed by atoms with Gasteiger partial charge in [0.1, 0.15) is 0 Å². The van der Waals surface area contributed by atoms with Crippen LogP contribution in [0.5, 0.6) is 0 Å². The van der Waals surface area contributed by atoms with Gasteiger partial charge in [-0.2, -0.15) is 0 Å². The molecule has 2 aliphatic heterocycles. The second kappa shape index (κ2) is 10.3. The molecule has 2 aliphatic rings. The first-order chi connectivity index (χ1) is 14.7. The molecule has 0 aromatic heterocycles. The minimum Gasteiger partial charge on any atom is -0.374 e. The highest BCUT2D eigenvalue weighted by atomic mass is 32.2. The van der Waals surface area contributed by atoms with Gasteiger partial charge in [-0.15, -0.1) is 0 Å². The minimum atomic E-state index is -3.02. The van der Waals surface area contributed by atoms with Gasteiger partial charge in [0, 0.05) is 31.9 Å². The third kappa shape index (κ3) is 6.45. The zero-order valence-corrected chi connectivity index (χ0v) is 20.2. The molecule has 6 nitrogen and oxygen atoms in total. The van der Waals surface area contributed by atoms with Crippen molar-refractivity contribution in [2.75, 3.05) is 43.4 Å². The number of benzene rings is 1. The first kappa shape index (κ1) is 24.1. The fourth-order valence-corrected chi connectivity index (χ4v) is 5.67. The molecule has 3 rings (SSSR count). The average molecular weight is 451 g/mol. The predicted octanol–water partition coefficient (Wildman–Crippen LogP) is 3.15. The van der Waals surface area contributed by atoms with Gasteiger partial charge in [-0.25, -0.2) is 8.42 Å². The van der Waals surface area contributed by atoms with Gasteiger partial charge in [-0.05, 0) is 56.2 Å². The Kier molecular flexibility index (Phi) is 8.03. The fourth-order valence-electron chi connectivity index (χ4n) is 4.29. The maximum absolute atomic E-state index is 12.8. The van der Waals surface area contributed by atoms with Gasteiger partial charge in [-0.3, -0.25) is 4.79 Å². The van der Waals surface area contributed by atoms with Crippen LogP contribution in [0.4, 0.5) is 5.69 Å². The summed E-state index contributed by atoms with van der Waals surface area (Å²) in [6.45, 7) is 11.7. The molecule has 1 atom stereocenters. The highest BCUT2D eigenvalue weighted by Gasteiger charge is 2.28. The third-order valence-electron chi connectivity index (χ3n) is 6.65. The molecule has 0 spiro atoms. The Morgan fingerprint density at radius 1 is 1.06 bits per heavy atom. The van der Waals surface area contributed by atoms with Gasteiger partial charge in [0.05, 0.1) is 30.1 Å². The summed E-state index contributed by atoms with van der Waals surface area (Å²) in [5.41, 5.74) is 2.20. The molecule has 0 radical (unpaired) electrons. The summed E-state index contributed by atoms with van der Waals surface area (Å²) in [5, 5.41) is -0.330. The van der Waals surface area contributed by atoms with Gasteiger partial charge in [-0.1, -0.05) is 26.0 Å². The molecular weight excluding hydrogens is 412 g/mol. The molecule has 174 valence electrons.